The maximum Gasteiger partial charge on any atom is 0.123 e. The predicted molar refractivity (Wildman–Crippen MR) is 161 cm³/mol. The van der Waals surface area contributed by atoms with Gasteiger partial charge in [-0.3, -0.25) is 0 Å². The molecule has 0 saturated carbocycles. The minimum atomic E-state index is -0.513. The van der Waals surface area contributed by atoms with Crippen LogP contribution < -0.4 is 11.5 Å². The van der Waals surface area contributed by atoms with E-state index >= 15 is 0 Å². The van der Waals surface area contributed by atoms with E-state index in [9.17, 15) is 19.3 Å². The molecule has 0 saturated heterocycles. The lowest BCUT2D eigenvalue weighted by Gasteiger charge is -2.30. The molecule has 0 bridgehead atoms. The van der Waals surface area contributed by atoms with Crippen LogP contribution >= 0.6 is 50.5 Å². The topological polar surface area (TPSA) is 99.6 Å². The molecule has 0 aromatic heterocycles. The number of hydrogen-bond acceptors (Lipinski definition) is 8. The Bertz CT molecular complexity index is 1170. The highest BCUT2D eigenvalue weighted by Crippen LogP contribution is 2.40. The fourth-order valence-electron chi connectivity index (χ4n) is 4.79. The van der Waals surface area contributed by atoms with Crippen molar-refractivity contribution < 1.29 is 8.78 Å². The van der Waals surface area contributed by atoms with E-state index in [2.05, 4.69) is 12.1 Å². The van der Waals surface area contributed by atoms with Gasteiger partial charge in [-0.15, -0.1) is 0 Å². The van der Waals surface area contributed by atoms with E-state index < -0.39 is 22.3 Å². The van der Waals surface area contributed by atoms with Crippen molar-refractivity contribution in [1.29, 1.82) is 10.5 Å². The number of hydrogen-bond donors (Lipinski definition) is 6. The van der Waals surface area contributed by atoms with Gasteiger partial charge in [0, 0.05) is 44.2 Å². The molecule has 10 heteroatoms. The molecule has 2 aromatic carbocycles. The zero-order valence-corrected chi connectivity index (χ0v) is 24.1. The van der Waals surface area contributed by atoms with Crippen molar-refractivity contribution in [3.63, 3.8) is 0 Å². The molecule has 2 aromatic rings. The molecule has 0 spiro atoms. The van der Waals surface area contributed by atoms with Crippen LogP contribution in [0, 0.1) is 34.3 Å². The van der Waals surface area contributed by atoms with Gasteiger partial charge in [-0.2, -0.15) is 61.0 Å². The van der Waals surface area contributed by atoms with Gasteiger partial charge in [0.15, 0.2) is 0 Å². The van der Waals surface area contributed by atoms with E-state index in [1.165, 1.54) is 24.3 Å². The van der Waals surface area contributed by atoms with Crippen molar-refractivity contribution in [2.75, 3.05) is 0 Å². The number of thiol groups is 4. The average Bonchev–Trinajstić information content (AvgIpc) is 2.91. The fraction of sp³-hybridized carbons (Fsp3) is 0.357. The highest BCUT2D eigenvalue weighted by Gasteiger charge is 2.32. The summed E-state index contributed by atoms with van der Waals surface area (Å²) in [5, 5.41) is 18.6. The molecule has 3 rings (SSSR count). The minimum absolute atomic E-state index is 0.318. The number of nitriles is 2. The van der Waals surface area contributed by atoms with Crippen LogP contribution in [-0.2, 0) is 0 Å². The number of rotatable bonds is 2. The molecule has 0 radical (unpaired) electrons. The van der Waals surface area contributed by atoms with Crippen LogP contribution in [0.4, 0.5) is 8.78 Å². The third-order valence-electron chi connectivity index (χ3n) is 6.90. The lowest BCUT2D eigenvalue weighted by Crippen LogP contribution is -2.27. The fourth-order valence-corrected chi connectivity index (χ4v) is 6.31. The smallest absolute Gasteiger partial charge is 0.123 e. The van der Waals surface area contributed by atoms with Gasteiger partial charge in [0.2, 0.25) is 0 Å². The second kappa shape index (κ2) is 13.7. The molecular weight excluding hydrogens is 559 g/mol. The van der Waals surface area contributed by atoms with Crippen molar-refractivity contribution >= 4 is 50.5 Å². The maximum absolute atomic E-state index is 13.7. The first kappa shape index (κ1) is 30.3. The number of allylic oxidation sites excluding steroid dienone is 2. The monoisotopic (exact) mass is 588 g/mol. The van der Waals surface area contributed by atoms with E-state index in [4.69, 9.17) is 62.0 Å². The normalized spacial score (nSPS) is 31.6. The molecule has 1 aliphatic carbocycles. The molecular formula is C28H30F2N4S4. The summed E-state index contributed by atoms with van der Waals surface area (Å²) in [4.78, 5) is 0. The van der Waals surface area contributed by atoms with E-state index in [-0.39, 0.29) is 22.1 Å². The Kier molecular flexibility index (Phi) is 10.9. The zero-order valence-electron chi connectivity index (χ0n) is 20.5. The molecule has 200 valence electrons. The maximum atomic E-state index is 13.7. The lowest BCUT2D eigenvalue weighted by molar-refractivity contribution is 0.607. The van der Waals surface area contributed by atoms with Gasteiger partial charge >= 0.3 is 0 Å². The third kappa shape index (κ3) is 7.04. The second-order valence-corrected chi connectivity index (χ2v) is 11.9. The molecule has 4 N–H and O–H groups in total. The average molecular weight is 589 g/mol. The van der Waals surface area contributed by atoms with Gasteiger partial charge in [0.25, 0.3) is 0 Å². The Balaban J connectivity index is 2.11. The molecule has 1 aliphatic rings. The summed E-state index contributed by atoms with van der Waals surface area (Å²) in [5.74, 6) is -1.80. The summed E-state index contributed by atoms with van der Waals surface area (Å²) in [6.07, 6.45) is 1.84. The standard InChI is InChI=1S/C28H30F2N4S4/c29-17-5-1-15(2-6-17)25-19(13-31)27(33)23(37)12-10-22(36)26(16-3-7-18(30)8-4-16)20(14-32)28(34)24(38)11-9-21(25)35/h1-8,21-26,35-38H,9-12,33-34H2/b27-19+,28-20+. The van der Waals surface area contributed by atoms with E-state index in [0.29, 0.717) is 59.4 Å². The van der Waals surface area contributed by atoms with Crippen LogP contribution in [0.5, 0.6) is 0 Å². The largest absolute Gasteiger partial charge is 0.400 e. The number of nitrogens with zero attached hydrogens (tertiary/aromatic N) is 2. The number of halogens is 2. The summed E-state index contributed by atoms with van der Waals surface area (Å²) in [5.41, 5.74) is 15.8. The molecule has 0 heterocycles. The van der Waals surface area contributed by atoms with E-state index in [0.717, 1.165) is 0 Å². The summed E-state index contributed by atoms with van der Waals surface area (Å²) in [6, 6.07) is 16.4. The van der Waals surface area contributed by atoms with Crippen molar-refractivity contribution in [3.8, 4) is 12.1 Å². The summed E-state index contributed by atoms with van der Waals surface area (Å²) in [7, 11) is 0. The van der Waals surface area contributed by atoms with Crippen molar-refractivity contribution in [2.45, 2.75) is 58.5 Å². The Labute approximate surface area is 244 Å². The van der Waals surface area contributed by atoms with Crippen molar-refractivity contribution in [1.82, 2.24) is 0 Å². The molecule has 4 nitrogen and oxygen atoms in total. The van der Waals surface area contributed by atoms with Crippen LogP contribution in [0.15, 0.2) is 71.1 Å². The number of nitrogens with two attached hydrogens (primary N) is 2. The summed E-state index contributed by atoms with van der Waals surface area (Å²) >= 11 is 19.1. The molecule has 0 amide bonds. The lowest BCUT2D eigenvalue weighted by atomic mass is 9.82. The van der Waals surface area contributed by atoms with Crippen molar-refractivity contribution in [2.24, 2.45) is 11.5 Å². The highest BCUT2D eigenvalue weighted by molar-refractivity contribution is 7.81. The molecule has 0 fully saturated rings. The minimum Gasteiger partial charge on any atom is -0.400 e. The van der Waals surface area contributed by atoms with Crippen molar-refractivity contribution in [3.05, 3.63) is 93.8 Å². The zero-order chi connectivity index (χ0) is 28.0. The quantitative estimate of drug-likeness (QED) is 0.240. The van der Waals surface area contributed by atoms with Crippen LogP contribution in [0.3, 0.4) is 0 Å². The second-order valence-electron chi connectivity index (χ2n) is 9.34. The Hall–Kier alpha value is -2.24. The Morgan fingerprint density at radius 3 is 1.21 bits per heavy atom. The van der Waals surface area contributed by atoms with Gasteiger partial charge in [-0.25, -0.2) is 8.78 Å². The first-order valence-corrected chi connectivity index (χ1v) is 14.2. The van der Waals surface area contributed by atoms with Gasteiger partial charge in [0.05, 0.1) is 23.3 Å². The van der Waals surface area contributed by atoms with E-state index in [1.54, 1.807) is 24.3 Å². The SMILES string of the molecule is N#C/C1=C(\N)C(S)CCC(S)C(c2ccc(F)cc2)/C(C#N)=C(/N)C(S)CCC(S)C1c1ccc(F)cc1. The van der Waals surface area contributed by atoms with Gasteiger partial charge < -0.3 is 11.5 Å². The third-order valence-corrected chi connectivity index (χ3v) is 9.09. The summed E-state index contributed by atoms with van der Waals surface area (Å²) in [6.45, 7) is 0. The van der Waals surface area contributed by atoms with Gasteiger partial charge in [-0.1, -0.05) is 24.3 Å². The highest BCUT2D eigenvalue weighted by atomic mass is 32.1. The first-order chi connectivity index (χ1) is 18.1. The molecule has 0 aliphatic heterocycles. The van der Waals surface area contributed by atoms with Crippen LogP contribution in [0.25, 0.3) is 0 Å². The first-order valence-electron chi connectivity index (χ1n) is 12.1. The van der Waals surface area contributed by atoms with Crippen LogP contribution in [0.1, 0.15) is 48.6 Å². The van der Waals surface area contributed by atoms with Gasteiger partial charge in [-0.05, 0) is 61.1 Å². The van der Waals surface area contributed by atoms with E-state index in [1.807, 2.05) is 0 Å². The molecule has 6 atom stereocenters. The Morgan fingerprint density at radius 1 is 0.605 bits per heavy atom. The number of benzene rings is 2. The van der Waals surface area contributed by atoms with Gasteiger partial charge in [0.1, 0.15) is 11.6 Å². The summed E-state index contributed by atoms with van der Waals surface area (Å²) < 4.78 is 27.4. The van der Waals surface area contributed by atoms with Crippen LogP contribution in [-0.4, -0.2) is 21.0 Å². The molecule has 38 heavy (non-hydrogen) atoms. The Morgan fingerprint density at radius 2 is 0.921 bits per heavy atom. The predicted octanol–water partition coefficient (Wildman–Crippen LogP) is 6.07. The molecule has 6 unspecified atom stereocenters. The van der Waals surface area contributed by atoms with Crippen LogP contribution in [0.2, 0.25) is 0 Å².